The van der Waals surface area contributed by atoms with Gasteiger partial charge in [-0.05, 0) is 76.0 Å². The molecule has 9 aliphatic rings. The van der Waals surface area contributed by atoms with E-state index in [4.69, 9.17) is 52.1 Å². The third kappa shape index (κ3) is 16.4. The number of fused-ring (bicyclic) bond motifs is 1. The van der Waals surface area contributed by atoms with Gasteiger partial charge in [0.15, 0.2) is 43.5 Å². The molecule has 4 aliphatic carbocycles. The molecule has 35 unspecified atom stereocenters. The van der Waals surface area contributed by atoms with Gasteiger partial charge in [0.25, 0.3) is 0 Å². The lowest BCUT2D eigenvalue weighted by Gasteiger charge is -2.50. The molecule has 33 nitrogen and oxygen atoms in total. The highest BCUT2D eigenvalue weighted by Gasteiger charge is 2.59. The first-order valence-electron chi connectivity index (χ1n) is 30.7. The molecule has 9 fully saturated rings. The highest BCUT2D eigenvalue weighted by Crippen LogP contribution is 2.45. The van der Waals surface area contributed by atoms with Crippen molar-refractivity contribution in [3.63, 3.8) is 0 Å². The lowest BCUT2D eigenvalue weighted by molar-refractivity contribution is -0.389. The van der Waals surface area contributed by atoms with E-state index in [9.17, 15) is 111 Å². The summed E-state index contributed by atoms with van der Waals surface area (Å²) in [5, 5.41) is 206. The molecule has 0 bridgehead atoms. The summed E-state index contributed by atoms with van der Waals surface area (Å²) >= 11 is 0. The van der Waals surface area contributed by atoms with Crippen LogP contribution in [0.1, 0.15) is 77.0 Å². The Morgan fingerprint density at radius 1 is 0.456 bits per heavy atom. The molecule has 0 aromatic carbocycles. The first-order chi connectivity index (χ1) is 42.7. The van der Waals surface area contributed by atoms with Crippen LogP contribution < -0.4 is 5.11 Å². The van der Waals surface area contributed by atoms with Crippen LogP contribution in [0, 0.1) is 23.7 Å². The molecule has 4 saturated carbocycles. The molecule has 0 amide bonds. The first-order valence-corrected chi connectivity index (χ1v) is 30.7. The molecule has 90 heavy (non-hydrogen) atoms. The third-order valence-corrected chi connectivity index (χ3v) is 19.2. The van der Waals surface area contributed by atoms with E-state index >= 15 is 0 Å². The maximum absolute atomic E-state index is 13.4. The number of esters is 2. The average molecular weight is 1300 g/mol. The minimum Gasteiger partial charge on any atom is -0.547 e. The fourth-order valence-electron chi connectivity index (χ4n) is 13.8. The van der Waals surface area contributed by atoms with Gasteiger partial charge in [-0.1, -0.05) is 12.2 Å². The number of rotatable bonds is 19. The molecule has 33 heteroatoms. The van der Waals surface area contributed by atoms with E-state index < -0.39 is 240 Å². The normalized spacial score (nSPS) is 49.6. The molecular weight excluding hydrogens is 1210 g/mol. The lowest BCUT2D eigenvalue weighted by atomic mass is 9.72. The number of carbonyl (C=O) groups excluding carboxylic acids is 3. The highest BCUT2D eigenvalue weighted by molar-refractivity contribution is 5.82. The number of carbonyl (C=O) groups is 3. The Morgan fingerprint density at radius 3 is 1.57 bits per heavy atom. The summed E-state index contributed by atoms with van der Waals surface area (Å²) in [4.78, 5) is 38.0. The standard InChI is InChI=1S/C57H88O33/c58-17-34-40(69)45(74)52(90-57-51(44(73)39(68)35(18-59)86-57)88-38(67)10-4-21-2-7-26(61)30(65)12-21)56(85-34)84-33-16-24-28(63)14-23(81-54-47(76)42(71)41(70)36(87-54)19-80-37(66)9-3-20-1-6-25(60)29(64)11-20)15-31(24)82-49(33)22-5-8-27(62)32(13-22)83-55-48(77)43(72)46(75)50(89-55)53(78)79/h3-4,9-10,20-36,39-52,54-65,68-77H,1-2,5-8,11-19H2,(H,78,79). The largest absolute Gasteiger partial charge is 0.547 e. The molecular formula is C57H88O33. The van der Waals surface area contributed by atoms with Crippen molar-refractivity contribution in [3.05, 3.63) is 24.3 Å². The van der Waals surface area contributed by atoms with Gasteiger partial charge in [-0.15, -0.1) is 0 Å². The van der Waals surface area contributed by atoms with Gasteiger partial charge in [0, 0.05) is 30.9 Å². The molecule has 5 saturated heterocycles. The Balaban J connectivity index is 0.950. The number of hydrogen-bond acceptors (Lipinski definition) is 32. The van der Waals surface area contributed by atoms with Crippen LogP contribution in [0.4, 0.5) is 0 Å². The Kier molecular flexibility index (Phi) is 24.6. The van der Waals surface area contributed by atoms with E-state index in [0.717, 1.165) is 12.2 Å². The topological polar surface area (TPSA) is 544 Å². The summed E-state index contributed by atoms with van der Waals surface area (Å²) < 4.78 is 64.3. The maximum Gasteiger partial charge on any atom is 0.330 e. The predicted octanol–water partition coefficient (Wildman–Crippen LogP) is -10.0. The van der Waals surface area contributed by atoms with Crippen LogP contribution in [0.3, 0.4) is 0 Å². The van der Waals surface area contributed by atoms with Gasteiger partial charge >= 0.3 is 11.9 Å². The molecule has 0 radical (unpaired) electrons. The van der Waals surface area contributed by atoms with Crippen LogP contribution in [0.5, 0.6) is 0 Å². The van der Waals surface area contributed by atoms with Crippen molar-refractivity contribution in [1.82, 2.24) is 0 Å². The van der Waals surface area contributed by atoms with Gasteiger partial charge in [-0.3, -0.25) is 0 Å². The van der Waals surface area contributed by atoms with Crippen LogP contribution in [-0.4, -0.2) is 324 Å². The van der Waals surface area contributed by atoms with Gasteiger partial charge in [0.1, 0.15) is 104 Å². The van der Waals surface area contributed by atoms with Crippen LogP contribution in [-0.2, 0) is 61.8 Å². The molecule has 514 valence electrons. The number of ether oxygens (including phenoxy) is 11. The van der Waals surface area contributed by atoms with Crippen LogP contribution in [0.25, 0.3) is 0 Å². The zero-order valence-electron chi connectivity index (χ0n) is 48.8. The zero-order chi connectivity index (χ0) is 65.2. The molecule has 9 rings (SSSR count). The van der Waals surface area contributed by atoms with Gasteiger partial charge < -0.3 is 154 Å². The summed E-state index contributed by atoms with van der Waals surface area (Å²) in [6.07, 6.45) is -43.8. The van der Waals surface area contributed by atoms with E-state index in [1.807, 2.05) is 0 Å². The van der Waals surface area contributed by atoms with Gasteiger partial charge in [-0.2, -0.15) is 0 Å². The van der Waals surface area contributed by atoms with E-state index in [1.54, 1.807) is 0 Å². The van der Waals surface area contributed by atoms with Crippen molar-refractivity contribution in [1.29, 1.82) is 0 Å². The second kappa shape index (κ2) is 31.1. The number of aliphatic carboxylic acids is 1. The van der Waals surface area contributed by atoms with Crippen molar-refractivity contribution < 1.29 is 164 Å². The number of hydrogen-bond donors (Lipinski definition) is 18. The number of aliphatic hydroxyl groups is 20. The van der Waals surface area contributed by atoms with Crippen molar-refractivity contribution in [2.24, 2.45) is 23.7 Å². The highest BCUT2D eigenvalue weighted by atomic mass is 16.8. The number of carboxylic acid groups (broad SMARTS) is 1. The summed E-state index contributed by atoms with van der Waals surface area (Å²) in [5.74, 6) is -6.11. The Bertz CT molecular complexity index is 2390. The van der Waals surface area contributed by atoms with Gasteiger partial charge in [-0.25, -0.2) is 9.59 Å². The second-order valence-electron chi connectivity index (χ2n) is 25.3. The van der Waals surface area contributed by atoms with Crippen LogP contribution in [0.2, 0.25) is 0 Å². The molecule has 19 N–H and O–H groups in total. The van der Waals surface area contributed by atoms with Gasteiger partial charge in [0.2, 0.25) is 0 Å². The Labute approximate surface area is 515 Å². The lowest BCUT2D eigenvalue weighted by Crippen LogP contribution is -2.66. The molecule has 5 aliphatic heterocycles. The van der Waals surface area contributed by atoms with Gasteiger partial charge in [0.05, 0.1) is 73.9 Å². The summed E-state index contributed by atoms with van der Waals surface area (Å²) in [6, 6.07) is 0. The molecule has 0 aromatic heterocycles. The second-order valence-corrected chi connectivity index (χ2v) is 25.3. The predicted molar refractivity (Wildman–Crippen MR) is 288 cm³/mol. The Morgan fingerprint density at radius 2 is 0.978 bits per heavy atom. The minimum absolute atomic E-state index is 0.0286. The monoisotopic (exact) mass is 1300 g/mol. The third-order valence-electron chi connectivity index (χ3n) is 19.2. The first kappa shape index (κ1) is 71.1. The summed E-state index contributed by atoms with van der Waals surface area (Å²) in [6.45, 7) is -2.48. The molecule has 35 atom stereocenters. The van der Waals surface area contributed by atoms with Crippen molar-refractivity contribution in [2.75, 3.05) is 19.8 Å². The number of carboxylic acids is 1. The quantitative estimate of drug-likeness (QED) is 0.0324. The molecule has 0 aromatic rings. The zero-order valence-corrected chi connectivity index (χ0v) is 48.8. The molecule has 5 heterocycles. The van der Waals surface area contributed by atoms with E-state index in [1.165, 1.54) is 12.2 Å². The fraction of sp³-hybridized carbons (Fsp3) is 0.877. The SMILES string of the molecule is O=C(C=CC1CCC(O)C(O)C1)OCC1OC(OC2CC(O)C3CC(OC4OC(CO)C(O)C(O)C4OC4OC(CO)C(O)C(O)C4OC(=O)C=CC4CCC(O)C(O)C4)C(C4CCC(O)C(OC5OC(C(=O)[O-])C(O)C(O)C5O)C4)[OH+]C3C2)C(O)C(O)C1O. The summed E-state index contributed by atoms with van der Waals surface area (Å²) in [7, 11) is 0. The van der Waals surface area contributed by atoms with E-state index in [0.29, 0.717) is 19.3 Å². The van der Waals surface area contributed by atoms with Crippen molar-refractivity contribution >= 4 is 17.9 Å². The maximum atomic E-state index is 13.4. The number of aliphatic hydroxyl groups excluding tert-OH is 18. The smallest absolute Gasteiger partial charge is 0.330 e. The van der Waals surface area contributed by atoms with Crippen LogP contribution >= 0.6 is 0 Å². The fourth-order valence-corrected chi connectivity index (χ4v) is 13.8. The average Bonchev–Trinajstić information content (AvgIpc) is 0.838. The minimum atomic E-state index is -2.17. The van der Waals surface area contributed by atoms with Crippen molar-refractivity contribution in [3.8, 4) is 0 Å². The van der Waals surface area contributed by atoms with E-state index in [-0.39, 0.29) is 69.6 Å². The summed E-state index contributed by atoms with van der Waals surface area (Å²) in [5.41, 5.74) is 0. The number of allylic oxidation sites excluding steroid dienone is 2. The molecule has 0 spiro atoms. The van der Waals surface area contributed by atoms with E-state index in [2.05, 4.69) is 0 Å². The van der Waals surface area contributed by atoms with Crippen molar-refractivity contribution in [2.45, 2.75) is 267 Å². The van der Waals surface area contributed by atoms with Crippen LogP contribution in [0.15, 0.2) is 24.3 Å². The Hall–Kier alpha value is -3.19.